The molecule has 15 heteroatoms. The van der Waals surface area contributed by atoms with E-state index in [1.165, 1.54) is 19.3 Å². The summed E-state index contributed by atoms with van der Waals surface area (Å²) < 4.78 is 10.6. The summed E-state index contributed by atoms with van der Waals surface area (Å²) >= 11 is 24.6. The van der Waals surface area contributed by atoms with Crippen LogP contribution in [0.5, 0.6) is 0 Å². The van der Waals surface area contributed by atoms with Crippen molar-refractivity contribution in [1.82, 2.24) is 20.9 Å². The zero-order valence-electron chi connectivity index (χ0n) is 37.3. The average Bonchev–Trinajstić information content (AvgIpc) is 3.20. The van der Waals surface area contributed by atoms with Crippen LogP contribution in [-0.2, 0) is 9.47 Å². The molecule has 2 saturated carbocycles. The standard InChI is InChI=1S/C23H35Cl2N3O2.C13H25NO3.C10H12Cl2N2.CH4/c1-23(2,3)30-22(29)26-18-9-7-17(8-10-18)11-12-27-13-15-28(16-14-27)20-6-4-5-19(24)21(20)25;1-13(2,3)17-12(16)14-11-6-4-10(5-7-11)8-9-15;11-8-2-1-3-9(10(8)12)14-6-4-13-5-7-14;/h4-6,17-18H,7-16H2,1-3H3,(H,26,29);10-11,15H,4-9H2,1-3H3,(H,14,16);1-3,13H,4-7H2;1H4. The van der Waals surface area contributed by atoms with Crippen molar-refractivity contribution >= 4 is 70.0 Å². The lowest BCUT2D eigenvalue weighted by Crippen LogP contribution is -2.47. The van der Waals surface area contributed by atoms with Gasteiger partial charge in [0.15, 0.2) is 0 Å². The van der Waals surface area contributed by atoms with Gasteiger partial charge in [-0.15, -0.1) is 0 Å². The van der Waals surface area contributed by atoms with E-state index >= 15 is 0 Å². The lowest BCUT2D eigenvalue weighted by atomic mass is 9.84. The number of carbonyl (C=O) groups is 2. The molecule has 2 aliphatic carbocycles. The highest BCUT2D eigenvalue weighted by Gasteiger charge is 2.27. The molecule has 4 N–H and O–H groups in total. The Kier molecular flexibility index (Phi) is 23.1. The molecule has 0 unspecified atom stereocenters. The molecule has 4 aliphatic rings. The number of amides is 2. The molecule has 11 nitrogen and oxygen atoms in total. The van der Waals surface area contributed by atoms with Gasteiger partial charge in [0.05, 0.1) is 31.5 Å². The fraction of sp³-hybridized carbons (Fsp3) is 0.702. The van der Waals surface area contributed by atoms with Gasteiger partial charge in [0.2, 0.25) is 0 Å². The van der Waals surface area contributed by atoms with E-state index in [4.69, 9.17) is 61.0 Å². The molecule has 0 atom stereocenters. The topological polar surface area (TPSA) is 119 Å². The summed E-state index contributed by atoms with van der Waals surface area (Å²) in [6.45, 7) is 20.7. The highest BCUT2D eigenvalue weighted by Crippen LogP contribution is 2.34. The molecule has 2 aromatic carbocycles. The second kappa shape index (κ2) is 26.5. The van der Waals surface area contributed by atoms with Crippen molar-refractivity contribution in [2.45, 2.75) is 136 Å². The molecule has 2 saturated heterocycles. The van der Waals surface area contributed by atoms with Crippen LogP contribution in [0, 0.1) is 11.8 Å². The molecule has 0 spiro atoms. The van der Waals surface area contributed by atoms with Crippen molar-refractivity contribution in [2.24, 2.45) is 11.8 Å². The maximum Gasteiger partial charge on any atom is 0.407 e. The predicted molar refractivity (Wildman–Crippen MR) is 260 cm³/mol. The second-order valence-electron chi connectivity index (χ2n) is 18.7. The maximum atomic E-state index is 11.9. The highest BCUT2D eigenvalue weighted by molar-refractivity contribution is 6.44. The number of halogens is 4. The molecule has 2 heterocycles. The molecule has 62 heavy (non-hydrogen) atoms. The molecule has 6 rings (SSSR count). The predicted octanol–water partition coefficient (Wildman–Crippen LogP) is 11.1. The van der Waals surface area contributed by atoms with Crippen molar-refractivity contribution in [3.63, 3.8) is 0 Å². The van der Waals surface area contributed by atoms with Gasteiger partial charge in [0.1, 0.15) is 11.2 Å². The first-order chi connectivity index (χ1) is 28.9. The summed E-state index contributed by atoms with van der Waals surface area (Å²) in [5.74, 6) is 1.37. The number of hydrogen-bond acceptors (Lipinski definition) is 9. The van der Waals surface area contributed by atoms with E-state index in [0.717, 1.165) is 121 Å². The fourth-order valence-corrected chi connectivity index (χ4v) is 9.11. The monoisotopic (exact) mass is 944 g/mol. The Morgan fingerprint density at radius 3 is 1.45 bits per heavy atom. The zero-order chi connectivity index (χ0) is 44.6. The van der Waals surface area contributed by atoms with Crippen LogP contribution in [0.1, 0.15) is 113 Å². The van der Waals surface area contributed by atoms with E-state index in [1.54, 1.807) is 0 Å². The van der Waals surface area contributed by atoms with Crippen molar-refractivity contribution in [3.05, 3.63) is 56.5 Å². The van der Waals surface area contributed by atoms with Crippen LogP contribution in [0.2, 0.25) is 20.1 Å². The van der Waals surface area contributed by atoms with Gasteiger partial charge < -0.3 is 40.3 Å². The van der Waals surface area contributed by atoms with Gasteiger partial charge in [-0.1, -0.05) is 66.0 Å². The quantitative estimate of drug-likeness (QED) is 0.195. The van der Waals surface area contributed by atoms with Gasteiger partial charge in [-0.3, -0.25) is 4.90 Å². The number of hydrogen-bond donors (Lipinski definition) is 4. The van der Waals surface area contributed by atoms with Gasteiger partial charge >= 0.3 is 12.2 Å². The number of nitrogens with one attached hydrogen (secondary N) is 3. The molecule has 2 aliphatic heterocycles. The van der Waals surface area contributed by atoms with E-state index in [9.17, 15) is 9.59 Å². The normalized spacial score (nSPS) is 22.1. The van der Waals surface area contributed by atoms with E-state index in [-0.39, 0.29) is 38.3 Å². The lowest BCUT2D eigenvalue weighted by molar-refractivity contribution is 0.0474. The number of rotatable bonds is 9. The summed E-state index contributed by atoms with van der Waals surface area (Å²) in [7, 11) is 0. The van der Waals surface area contributed by atoms with Crippen LogP contribution in [0.3, 0.4) is 0 Å². The third kappa shape index (κ3) is 19.4. The molecule has 0 aromatic heterocycles. The summed E-state index contributed by atoms with van der Waals surface area (Å²) in [5.41, 5.74) is 1.21. The molecular weight excluding hydrogens is 870 g/mol. The number of alkyl carbamates (subject to hydrolysis) is 2. The number of aliphatic hydroxyl groups is 1. The Morgan fingerprint density at radius 1 is 0.645 bits per heavy atom. The Balaban J connectivity index is 0.000000270. The van der Waals surface area contributed by atoms with Crippen LogP contribution in [0.25, 0.3) is 0 Å². The smallest absolute Gasteiger partial charge is 0.407 e. The highest BCUT2D eigenvalue weighted by atomic mass is 35.5. The zero-order valence-corrected chi connectivity index (χ0v) is 40.4. The molecule has 0 radical (unpaired) electrons. The summed E-state index contributed by atoms with van der Waals surface area (Å²) in [5, 5.41) is 20.7. The molecule has 0 bridgehead atoms. The Hall–Kier alpha value is -2.38. The molecule has 2 amide bonds. The van der Waals surface area contributed by atoms with Gasteiger partial charge in [0.25, 0.3) is 0 Å². The summed E-state index contributed by atoms with van der Waals surface area (Å²) in [6, 6.07) is 12.1. The third-order valence-corrected chi connectivity index (χ3v) is 13.2. The first-order valence-electron chi connectivity index (χ1n) is 22.3. The summed E-state index contributed by atoms with van der Waals surface area (Å²) in [6.07, 6.45) is 10.1. The third-order valence-electron chi connectivity index (χ3n) is 11.6. The van der Waals surface area contributed by atoms with E-state index in [1.807, 2.05) is 77.9 Å². The van der Waals surface area contributed by atoms with Crippen molar-refractivity contribution < 1.29 is 24.2 Å². The second-order valence-corrected chi connectivity index (χ2v) is 20.3. The number of ether oxygens (including phenoxy) is 2. The SMILES string of the molecule is C.CC(C)(C)OC(=O)NC1CCC(CCN2CCN(c3cccc(Cl)c3Cl)CC2)CC1.CC(C)(C)OC(=O)NC1CCC(CCO)CC1.Clc1cccc(N2CCNCC2)c1Cl. The molecular formula is C47H76Cl4N6O5. The lowest BCUT2D eigenvalue weighted by Gasteiger charge is -2.37. The minimum absolute atomic E-state index is 0. The van der Waals surface area contributed by atoms with E-state index < -0.39 is 11.2 Å². The van der Waals surface area contributed by atoms with E-state index in [0.29, 0.717) is 26.0 Å². The van der Waals surface area contributed by atoms with Crippen LogP contribution in [0.15, 0.2) is 36.4 Å². The molecule has 4 fully saturated rings. The van der Waals surface area contributed by atoms with Crippen LogP contribution >= 0.6 is 46.4 Å². The van der Waals surface area contributed by atoms with Crippen molar-refractivity contribution in [1.29, 1.82) is 0 Å². The van der Waals surface area contributed by atoms with Crippen LogP contribution in [0.4, 0.5) is 21.0 Å². The van der Waals surface area contributed by atoms with Crippen molar-refractivity contribution in [3.8, 4) is 0 Å². The Morgan fingerprint density at radius 2 is 1.05 bits per heavy atom. The molecule has 352 valence electrons. The Bertz CT molecular complexity index is 1630. The van der Waals surface area contributed by atoms with Crippen LogP contribution in [-0.4, -0.2) is 111 Å². The van der Waals surface area contributed by atoms with Gasteiger partial charge in [0, 0.05) is 71.0 Å². The number of anilines is 2. The summed E-state index contributed by atoms with van der Waals surface area (Å²) in [4.78, 5) is 30.7. The largest absolute Gasteiger partial charge is 0.444 e. The first kappa shape index (κ1) is 54.0. The number of carbonyl (C=O) groups excluding carboxylic acids is 2. The van der Waals surface area contributed by atoms with Gasteiger partial charge in [-0.2, -0.15) is 0 Å². The Labute approximate surface area is 393 Å². The minimum Gasteiger partial charge on any atom is -0.444 e. The first-order valence-corrected chi connectivity index (χ1v) is 23.8. The average molecular weight is 947 g/mol. The molecule has 2 aromatic rings. The van der Waals surface area contributed by atoms with E-state index in [2.05, 4.69) is 30.7 Å². The van der Waals surface area contributed by atoms with Gasteiger partial charge in [-0.05, 0) is 148 Å². The van der Waals surface area contributed by atoms with Crippen LogP contribution < -0.4 is 25.8 Å². The number of benzene rings is 2. The number of aliphatic hydroxyl groups excluding tert-OH is 1. The number of nitrogens with zero attached hydrogens (tertiary/aromatic N) is 3. The maximum absolute atomic E-state index is 11.9. The van der Waals surface area contributed by atoms with Crippen molar-refractivity contribution in [2.75, 3.05) is 75.3 Å². The minimum atomic E-state index is -0.441. The fourth-order valence-electron chi connectivity index (χ4n) is 8.28. The number of piperazine rings is 2. The van der Waals surface area contributed by atoms with Gasteiger partial charge in [-0.25, -0.2) is 9.59 Å².